The van der Waals surface area contributed by atoms with Crippen LogP contribution in [0.4, 0.5) is 18.0 Å². The van der Waals surface area contributed by atoms with E-state index in [0.717, 1.165) is 10.5 Å². The Morgan fingerprint density at radius 2 is 1.85 bits per heavy atom. The highest BCUT2D eigenvalue weighted by Gasteiger charge is 2.48. The molecule has 1 aromatic carbocycles. The molecule has 1 amide bonds. The van der Waals surface area contributed by atoms with Crippen LogP contribution >= 0.6 is 0 Å². The third kappa shape index (κ3) is 6.30. The van der Waals surface area contributed by atoms with Crippen molar-refractivity contribution in [3.63, 3.8) is 0 Å². The largest absolute Gasteiger partial charge is 0.497 e. The van der Waals surface area contributed by atoms with Crippen LogP contribution in [0.1, 0.15) is 32.8 Å². The Morgan fingerprint density at radius 1 is 1.22 bits per heavy atom. The van der Waals surface area contributed by atoms with Crippen molar-refractivity contribution >= 4 is 6.09 Å². The van der Waals surface area contributed by atoms with Crippen molar-refractivity contribution in [1.29, 1.82) is 0 Å². The van der Waals surface area contributed by atoms with Crippen molar-refractivity contribution in [1.82, 2.24) is 10.2 Å². The fourth-order valence-electron chi connectivity index (χ4n) is 3.01. The fourth-order valence-corrected chi connectivity index (χ4v) is 3.01. The van der Waals surface area contributed by atoms with E-state index in [-0.39, 0.29) is 13.0 Å². The maximum absolute atomic E-state index is 13.6. The molecule has 0 unspecified atom stereocenters. The molecule has 5 nitrogen and oxygen atoms in total. The van der Waals surface area contributed by atoms with Gasteiger partial charge < -0.3 is 19.7 Å². The van der Waals surface area contributed by atoms with Gasteiger partial charge in [-0.3, -0.25) is 0 Å². The van der Waals surface area contributed by atoms with E-state index in [0.29, 0.717) is 12.3 Å². The monoisotopic (exact) mass is 388 g/mol. The van der Waals surface area contributed by atoms with E-state index in [9.17, 15) is 18.0 Å². The maximum atomic E-state index is 13.6. The molecule has 0 aromatic heterocycles. The lowest BCUT2D eigenvalue weighted by Crippen LogP contribution is -2.56. The van der Waals surface area contributed by atoms with Crippen molar-refractivity contribution < 1.29 is 27.4 Å². The molecule has 1 saturated heterocycles. The molecule has 2 rings (SSSR count). The molecule has 1 aliphatic heterocycles. The number of amides is 1. The molecule has 1 aliphatic rings. The first-order chi connectivity index (χ1) is 12.5. The van der Waals surface area contributed by atoms with Crippen molar-refractivity contribution in [2.24, 2.45) is 5.92 Å². The van der Waals surface area contributed by atoms with Crippen LogP contribution in [-0.4, -0.2) is 49.0 Å². The summed E-state index contributed by atoms with van der Waals surface area (Å²) in [5, 5.41) is 3.00. The van der Waals surface area contributed by atoms with Gasteiger partial charge in [0.15, 0.2) is 0 Å². The summed E-state index contributed by atoms with van der Waals surface area (Å²) < 4.78 is 51.0. The van der Waals surface area contributed by atoms with Gasteiger partial charge in [-0.1, -0.05) is 12.1 Å². The summed E-state index contributed by atoms with van der Waals surface area (Å²) in [5.41, 5.74) is 0.125. The average Bonchev–Trinajstić information content (AvgIpc) is 2.58. The molecule has 1 aromatic rings. The standard InChI is InChI=1S/C19H27F3N2O3/c1-18(2,3)27-17(25)24-10-9-16(15(12-24)19(20,21)22)23-11-13-5-7-14(26-4)8-6-13/h5-8,15-16,23H,9-12H2,1-4H3/t15-,16-/m1/s1. The summed E-state index contributed by atoms with van der Waals surface area (Å²) >= 11 is 0. The Bertz CT molecular complexity index is 627. The van der Waals surface area contributed by atoms with Crippen LogP contribution in [0.25, 0.3) is 0 Å². The quantitative estimate of drug-likeness (QED) is 0.848. The van der Waals surface area contributed by atoms with E-state index < -0.39 is 36.4 Å². The molecule has 27 heavy (non-hydrogen) atoms. The van der Waals surface area contributed by atoms with Crippen LogP contribution in [-0.2, 0) is 11.3 Å². The van der Waals surface area contributed by atoms with Gasteiger partial charge in [0.25, 0.3) is 0 Å². The van der Waals surface area contributed by atoms with Gasteiger partial charge in [0.05, 0.1) is 13.0 Å². The topological polar surface area (TPSA) is 50.8 Å². The van der Waals surface area contributed by atoms with Crippen LogP contribution < -0.4 is 10.1 Å². The number of piperidine rings is 1. The lowest BCUT2D eigenvalue weighted by Gasteiger charge is -2.40. The molecule has 152 valence electrons. The Balaban J connectivity index is 2.01. The summed E-state index contributed by atoms with van der Waals surface area (Å²) in [6.45, 7) is 5.20. The van der Waals surface area contributed by atoms with Gasteiger partial charge in [0.2, 0.25) is 0 Å². The number of methoxy groups -OCH3 is 1. The summed E-state index contributed by atoms with van der Waals surface area (Å²) in [5.74, 6) is -0.949. The molecule has 1 heterocycles. The van der Waals surface area contributed by atoms with E-state index in [1.807, 2.05) is 12.1 Å². The number of nitrogens with one attached hydrogen (secondary N) is 1. The number of carbonyl (C=O) groups excluding carboxylic acids is 1. The number of carbonyl (C=O) groups is 1. The zero-order valence-electron chi connectivity index (χ0n) is 16.1. The second-order valence-electron chi connectivity index (χ2n) is 7.70. The van der Waals surface area contributed by atoms with Gasteiger partial charge in [-0.15, -0.1) is 0 Å². The average molecular weight is 388 g/mol. The van der Waals surface area contributed by atoms with Crippen molar-refractivity contribution in [3.05, 3.63) is 29.8 Å². The number of halogens is 3. The first-order valence-corrected chi connectivity index (χ1v) is 8.90. The Kier molecular flexibility index (Phi) is 6.62. The van der Waals surface area contributed by atoms with Gasteiger partial charge in [0.1, 0.15) is 11.4 Å². The maximum Gasteiger partial charge on any atom is 0.410 e. The molecular weight excluding hydrogens is 361 g/mol. The second-order valence-corrected chi connectivity index (χ2v) is 7.70. The van der Waals surface area contributed by atoms with Crippen LogP contribution in [0.15, 0.2) is 24.3 Å². The molecule has 0 radical (unpaired) electrons. The van der Waals surface area contributed by atoms with Crippen molar-refractivity contribution in [3.8, 4) is 5.75 Å². The summed E-state index contributed by atoms with van der Waals surface area (Å²) in [6, 6.07) is 6.40. The summed E-state index contributed by atoms with van der Waals surface area (Å²) in [4.78, 5) is 13.3. The highest BCUT2D eigenvalue weighted by Crippen LogP contribution is 2.34. The number of alkyl halides is 3. The molecular formula is C19H27F3N2O3. The van der Waals surface area contributed by atoms with E-state index in [4.69, 9.17) is 9.47 Å². The predicted molar refractivity (Wildman–Crippen MR) is 95.6 cm³/mol. The molecule has 2 atom stereocenters. The molecule has 0 spiro atoms. The zero-order chi connectivity index (χ0) is 20.2. The molecule has 8 heteroatoms. The number of ether oxygens (including phenoxy) is 2. The first kappa shape index (κ1) is 21.3. The number of benzene rings is 1. The number of hydrogen-bond acceptors (Lipinski definition) is 4. The van der Waals surface area contributed by atoms with Crippen molar-refractivity contribution in [2.45, 2.75) is 51.6 Å². The van der Waals surface area contributed by atoms with Gasteiger partial charge >= 0.3 is 12.3 Å². The third-order valence-corrected chi connectivity index (χ3v) is 4.41. The number of hydrogen-bond donors (Lipinski definition) is 1. The van der Waals surface area contributed by atoms with Crippen LogP contribution in [0.2, 0.25) is 0 Å². The Hall–Kier alpha value is -1.96. The lowest BCUT2D eigenvalue weighted by atomic mass is 9.91. The summed E-state index contributed by atoms with van der Waals surface area (Å²) in [7, 11) is 1.56. The normalized spacial score (nSPS) is 21.1. The number of likely N-dealkylation sites (tertiary alicyclic amines) is 1. The minimum absolute atomic E-state index is 0.208. The Labute approximate surface area is 157 Å². The van der Waals surface area contributed by atoms with Crippen molar-refractivity contribution in [2.75, 3.05) is 20.2 Å². The van der Waals surface area contributed by atoms with E-state index >= 15 is 0 Å². The number of rotatable bonds is 4. The molecule has 0 aliphatic carbocycles. The van der Waals surface area contributed by atoms with E-state index in [1.54, 1.807) is 40.0 Å². The number of nitrogens with zero attached hydrogens (tertiary/aromatic N) is 1. The second kappa shape index (κ2) is 8.37. The molecule has 0 bridgehead atoms. The Morgan fingerprint density at radius 3 is 2.37 bits per heavy atom. The highest BCUT2D eigenvalue weighted by molar-refractivity contribution is 5.68. The predicted octanol–water partition coefficient (Wildman–Crippen LogP) is 3.97. The van der Waals surface area contributed by atoms with Crippen LogP contribution in [0.3, 0.4) is 0 Å². The SMILES string of the molecule is COc1ccc(CN[C@@H]2CCN(C(=O)OC(C)(C)C)C[C@H]2C(F)(F)F)cc1. The van der Waals surface area contributed by atoms with Gasteiger partial charge in [0, 0.05) is 25.7 Å². The first-order valence-electron chi connectivity index (χ1n) is 8.90. The van der Waals surface area contributed by atoms with Gasteiger partial charge in [-0.2, -0.15) is 13.2 Å². The van der Waals surface area contributed by atoms with E-state index in [1.165, 1.54) is 0 Å². The van der Waals surface area contributed by atoms with Gasteiger partial charge in [-0.05, 0) is 44.9 Å². The van der Waals surface area contributed by atoms with E-state index in [2.05, 4.69) is 5.32 Å². The van der Waals surface area contributed by atoms with Crippen LogP contribution in [0, 0.1) is 5.92 Å². The summed E-state index contributed by atoms with van der Waals surface area (Å²) in [6.07, 6.45) is -4.90. The molecule has 1 N–H and O–H groups in total. The minimum atomic E-state index is -4.40. The fraction of sp³-hybridized carbons (Fsp3) is 0.632. The third-order valence-electron chi connectivity index (χ3n) is 4.41. The molecule has 1 fully saturated rings. The molecule has 0 saturated carbocycles. The van der Waals surface area contributed by atoms with Crippen LogP contribution in [0.5, 0.6) is 5.75 Å². The minimum Gasteiger partial charge on any atom is -0.497 e. The zero-order valence-corrected chi connectivity index (χ0v) is 16.1. The smallest absolute Gasteiger partial charge is 0.410 e. The van der Waals surface area contributed by atoms with Gasteiger partial charge in [-0.25, -0.2) is 4.79 Å². The highest BCUT2D eigenvalue weighted by atomic mass is 19.4. The lowest BCUT2D eigenvalue weighted by molar-refractivity contribution is -0.192.